The fraction of sp³-hybridized carbons (Fsp3) is 0.412. The van der Waals surface area contributed by atoms with Crippen LogP contribution in [-0.4, -0.2) is 29.5 Å². The highest BCUT2D eigenvalue weighted by Gasteiger charge is 2.36. The number of hydrogen-bond donors (Lipinski definition) is 1. The Morgan fingerprint density at radius 2 is 2.04 bits per heavy atom. The predicted octanol–water partition coefficient (Wildman–Crippen LogP) is 3.65. The average Bonchev–Trinajstić information content (AvgIpc) is 2.46. The fourth-order valence-corrected chi connectivity index (χ4v) is 2.89. The van der Waals surface area contributed by atoms with Crippen molar-refractivity contribution in [2.45, 2.75) is 39.8 Å². The van der Waals surface area contributed by atoms with Gasteiger partial charge >= 0.3 is 12.0 Å². The molecule has 1 aliphatic heterocycles. The molecular weight excluding hydrogens is 316 g/mol. The van der Waals surface area contributed by atoms with Crippen molar-refractivity contribution in [1.82, 2.24) is 10.2 Å². The molecule has 0 radical (unpaired) electrons. The zero-order valence-corrected chi connectivity index (χ0v) is 14.5. The second kappa shape index (κ2) is 7.04. The lowest BCUT2D eigenvalue weighted by molar-refractivity contribution is -0.143. The Bertz CT molecular complexity index is 655. The molecule has 1 atom stereocenters. The van der Waals surface area contributed by atoms with Crippen LogP contribution in [0.3, 0.4) is 0 Å². The van der Waals surface area contributed by atoms with E-state index in [1.54, 1.807) is 39.0 Å². The molecule has 0 spiro atoms. The Labute approximate surface area is 141 Å². The van der Waals surface area contributed by atoms with Crippen LogP contribution in [0.15, 0.2) is 35.5 Å². The van der Waals surface area contributed by atoms with Gasteiger partial charge in [0.25, 0.3) is 0 Å². The molecule has 1 N–H and O–H groups in total. The van der Waals surface area contributed by atoms with Crippen molar-refractivity contribution in [2.24, 2.45) is 0 Å². The van der Waals surface area contributed by atoms with Crippen molar-refractivity contribution in [3.63, 3.8) is 0 Å². The zero-order valence-electron chi connectivity index (χ0n) is 13.7. The highest BCUT2D eigenvalue weighted by atomic mass is 35.5. The SMILES string of the molecule is CCN1C(=O)NC(c2ccccc2Cl)C(C(=O)OC(C)C)=C1C. The van der Waals surface area contributed by atoms with Crippen LogP contribution in [-0.2, 0) is 9.53 Å². The van der Waals surface area contributed by atoms with Crippen LogP contribution >= 0.6 is 11.6 Å². The first-order chi connectivity index (χ1) is 10.9. The number of nitrogens with one attached hydrogen (secondary N) is 1. The standard InChI is InChI=1S/C17H21ClN2O3/c1-5-20-11(4)14(16(21)23-10(2)3)15(19-17(20)22)12-8-6-7-9-13(12)18/h6-10,15H,5H2,1-4H3,(H,19,22). The van der Waals surface area contributed by atoms with Gasteiger partial charge in [0.1, 0.15) is 0 Å². The van der Waals surface area contributed by atoms with E-state index in [9.17, 15) is 9.59 Å². The zero-order chi connectivity index (χ0) is 17.1. The second-order valence-corrected chi connectivity index (χ2v) is 6.01. The van der Waals surface area contributed by atoms with Gasteiger partial charge in [0.2, 0.25) is 0 Å². The van der Waals surface area contributed by atoms with Gasteiger partial charge in [-0.15, -0.1) is 0 Å². The number of carbonyl (C=O) groups is 2. The minimum absolute atomic E-state index is 0.248. The third kappa shape index (κ3) is 3.50. The van der Waals surface area contributed by atoms with E-state index in [-0.39, 0.29) is 12.1 Å². The number of halogens is 1. The summed E-state index contributed by atoms with van der Waals surface area (Å²) in [7, 11) is 0. The number of allylic oxidation sites excluding steroid dienone is 1. The topological polar surface area (TPSA) is 58.6 Å². The van der Waals surface area contributed by atoms with Crippen LogP contribution in [0.2, 0.25) is 5.02 Å². The van der Waals surface area contributed by atoms with Crippen LogP contribution in [0.5, 0.6) is 0 Å². The van der Waals surface area contributed by atoms with Gasteiger partial charge in [-0.25, -0.2) is 9.59 Å². The van der Waals surface area contributed by atoms with Gasteiger partial charge in [-0.2, -0.15) is 0 Å². The minimum Gasteiger partial charge on any atom is -0.459 e. The van der Waals surface area contributed by atoms with E-state index < -0.39 is 12.0 Å². The molecule has 0 fully saturated rings. The average molecular weight is 337 g/mol. The summed E-state index contributed by atoms with van der Waals surface area (Å²) in [6.45, 7) is 7.65. The largest absolute Gasteiger partial charge is 0.459 e. The van der Waals surface area contributed by atoms with E-state index in [1.807, 2.05) is 13.0 Å². The fourth-order valence-electron chi connectivity index (χ4n) is 2.65. The Hall–Kier alpha value is -2.01. The van der Waals surface area contributed by atoms with Crippen LogP contribution < -0.4 is 5.32 Å². The highest BCUT2D eigenvalue weighted by molar-refractivity contribution is 6.31. The van der Waals surface area contributed by atoms with Gasteiger partial charge in [-0.1, -0.05) is 29.8 Å². The Morgan fingerprint density at radius 1 is 1.39 bits per heavy atom. The van der Waals surface area contributed by atoms with Gasteiger partial charge in [-0.3, -0.25) is 4.90 Å². The molecule has 2 rings (SSSR count). The summed E-state index contributed by atoms with van der Waals surface area (Å²) in [5, 5.41) is 3.34. The number of esters is 1. The molecule has 0 saturated heterocycles. The van der Waals surface area contributed by atoms with Crippen molar-refractivity contribution in [3.05, 3.63) is 46.1 Å². The number of ether oxygens (including phenoxy) is 1. The maximum absolute atomic E-state index is 12.6. The summed E-state index contributed by atoms with van der Waals surface area (Å²) < 4.78 is 5.36. The lowest BCUT2D eigenvalue weighted by atomic mass is 9.95. The van der Waals surface area contributed by atoms with Crippen LogP contribution in [0, 0.1) is 0 Å². The number of urea groups is 1. The molecule has 23 heavy (non-hydrogen) atoms. The van der Waals surface area contributed by atoms with Crippen molar-refractivity contribution in [3.8, 4) is 0 Å². The number of hydrogen-bond acceptors (Lipinski definition) is 3. The Morgan fingerprint density at radius 3 is 2.61 bits per heavy atom. The molecule has 0 bridgehead atoms. The van der Waals surface area contributed by atoms with Gasteiger partial charge in [0.15, 0.2) is 0 Å². The quantitative estimate of drug-likeness (QED) is 0.854. The first-order valence-corrected chi connectivity index (χ1v) is 7.98. The first-order valence-electron chi connectivity index (χ1n) is 7.61. The molecule has 1 unspecified atom stereocenters. The molecule has 0 aromatic heterocycles. The molecule has 2 amide bonds. The molecule has 1 heterocycles. The summed E-state index contributed by atoms with van der Waals surface area (Å²) in [5.41, 5.74) is 1.67. The number of benzene rings is 1. The van der Waals surface area contributed by atoms with Crippen LogP contribution in [0.25, 0.3) is 0 Å². The lowest BCUT2D eigenvalue weighted by Crippen LogP contribution is -2.48. The number of carbonyl (C=O) groups excluding carboxylic acids is 2. The van der Waals surface area contributed by atoms with Crippen LogP contribution in [0.1, 0.15) is 39.3 Å². The Kier molecular flexibility index (Phi) is 5.31. The highest BCUT2D eigenvalue weighted by Crippen LogP contribution is 2.34. The molecule has 5 nitrogen and oxygen atoms in total. The number of nitrogens with zero attached hydrogens (tertiary/aromatic N) is 1. The molecule has 6 heteroatoms. The van der Waals surface area contributed by atoms with Crippen molar-refractivity contribution < 1.29 is 14.3 Å². The maximum atomic E-state index is 12.6. The smallest absolute Gasteiger partial charge is 0.338 e. The molecule has 1 aliphatic rings. The van der Waals surface area contributed by atoms with E-state index in [0.29, 0.717) is 28.4 Å². The normalized spacial score (nSPS) is 18.3. The summed E-state index contributed by atoms with van der Waals surface area (Å²) in [6.07, 6.45) is -0.248. The van der Waals surface area contributed by atoms with E-state index in [4.69, 9.17) is 16.3 Å². The summed E-state index contributed by atoms with van der Waals surface area (Å²) in [4.78, 5) is 26.4. The van der Waals surface area contributed by atoms with E-state index in [0.717, 1.165) is 0 Å². The molecule has 1 aromatic rings. The predicted molar refractivity (Wildman–Crippen MR) is 89.0 cm³/mol. The second-order valence-electron chi connectivity index (χ2n) is 5.60. The van der Waals surface area contributed by atoms with Gasteiger partial charge in [0, 0.05) is 17.3 Å². The van der Waals surface area contributed by atoms with Gasteiger partial charge < -0.3 is 10.1 Å². The molecule has 0 saturated carbocycles. The maximum Gasteiger partial charge on any atom is 0.338 e. The monoisotopic (exact) mass is 336 g/mol. The first kappa shape index (κ1) is 17.3. The van der Waals surface area contributed by atoms with E-state index in [2.05, 4.69) is 5.32 Å². The summed E-state index contributed by atoms with van der Waals surface area (Å²) in [5.74, 6) is -0.444. The third-order valence-corrected chi connectivity index (χ3v) is 4.04. The summed E-state index contributed by atoms with van der Waals surface area (Å²) >= 11 is 6.26. The summed E-state index contributed by atoms with van der Waals surface area (Å²) in [6, 6.07) is 6.28. The minimum atomic E-state index is -0.620. The third-order valence-electron chi connectivity index (χ3n) is 3.69. The molecule has 0 aliphatic carbocycles. The Balaban J connectivity index is 2.55. The molecular formula is C17H21ClN2O3. The van der Waals surface area contributed by atoms with Gasteiger partial charge in [-0.05, 0) is 39.3 Å². The molecule has 124 valence electrons. The lowest BCUT2D eigenvalue weighted by Gasteiger charge is -2.35. The van der Waals surface area contributed by atoms with E-state index >= 15 is 0 Å². The van der Waals surface area contributed by atoms with Gasteiger partial charge in [0.05, 0.1) is 17.7 Å². The van der Waals surface area contributed by atoms with Crippen LogP contribution in [0.4, 0.5) is 4.79 Å². The van der Waals surface area contributed by atoms with Crippen molar-refractivity contribution >= 4 is 23.6 Å². The van der Waals surface area contributed by atoms with Crippen molar-refractivity contribution in [1.29, 1.82) is 0 Å². The number of amides is 2. The molecule has 1 aromatic carbocycles. The number of rotatable bonds is 4. The van der Waals surface area contributed by atoms with E-state index in [1.165, 1.54) is 4.90 Å². The van der Waals surface area contributed by atoms with Crippen molar-refractivity contribution in [2.75, 3.05) is 6.54 Å².